The minimum atomic E-state index is -1.18. The molecule has 0 aliphatic rings. The first-order valence-electron chi connectivity index (χ1n) is 6.16. The van der Waals surface area contributed by atoms with Crippen molar-refractivity contribution in [3.8, 4) is 0 Å². The molecule has 1 aromatic heterocycles. The third-order valence-corrected chi connectivity index (χ3v) is 2.82. The standard InChI is InChI=1S/C14H15NO4/c1-2-3-8-19-15-12(14(17)18)9-10-6-4-5-7-11(10)13(15)16/h4-7,9H,2-3,8H2,1H3,(H,17,18). The number of rotatable bonds is 5. The number of carboxylic acids is 1. The topological polar surface area (TPSA) is 68.5 Å². The normalized spacial score (nSPS) is 10.6. The molecule has 5 nitrogen and oxygen atoms in total. The summed E-state index contributed by atoms with van der Waals surface area (Å²) in [7, 11) is 0. The molecule has 0 aliphatic carbocycles. The zero-order chi connectivity index (χ0) is 13.8. The lowest BCUT2D eigenvalue weighted by atomic mass is 10.1. The molecule has 0 aliphatic heterocycles. The molecule has 0 fully saturated rings. The van der Waals surface area contributed by atoms with Crippen LogP contribution in [0.1, 0.15) is 30.3 Å². The maximum Gasteiger partial charge on any atom is 0.356 e. The molecular formula is C14H15NO4. The summed E-state index contributed by atoms with van der Waals surface area (Å²) in [5, 5.41) is 10.2. The van der Waals surface area contributed by atoms with Crippen LogP contribution in [0, 0.1) is 0 Å². The quantitative estimate of drug-likeness (QED) is 0.835. The van der Waals surface area contributed by atoms with Crippen LogP contribution >= 0.6 is 0 Å². The summed E-state index contributed by atoms with van der Waals surface area (Å²) >= 11 is 0. The van der Waals surface area contributed by atoms with Gasteiger partial charge in [-0.2, -0.15) is 0 Å². The Hall–Kier alpha value is -2.30. The van der Waals surface area contributed by atoms with Crippen LogP contribution in [0.15, 0.2) is 35.1 Å². The minimum Gasteiger partial charge on any atom is -0.476 e. The van der Waals surface area contributed by atoms with Gasteiger partial charge >= 0.3 is 5.97 Å². The highest BCUT2D eigenvalue weighted by atomic mass is 16.7. The molecule has 0 atom stereocenters. The summed E-state index contributed by atoms with van der Waals surface area (Å²) in [4.78, 5) is 28.7. The Bertz CT molecular complexity index is 660. The predicted molar refractivity (Wildman–Crippen MR) is 71.5 cm³/mol. The molecule has 0 amide bonds. The van der Waals surface area contributed by atoms with E-state index >= 15 is 0 Å². The summed E-state index contributed by atoms with van der Waals surface area (Å²) in [5.74, 6) is -1.18. The van der Waals surface area contributed by atoms with Crippen molar-refractivity contribution in [1.29, 1.82) is 0 Å². The number of carboxylic acid groups (broad SMARTS) is 1. The Morgan fingerprint density at radius 3 is 2.79 bits per heavy atom. The van der Waals surface area contributed by atoms with Gasteiger partial charge in [-0.15, -0.1) is 4.73 Å². The number of benzene rings is 1. The molecule has 1 heterocycles. The van der Waals surface area contributed by atoms with E-state index in [0.29, 0.717) is 17.4 Å². The van der Waals surface area contributed by atoms with E-state index in [1.807, 2.05) is 6.92 Å². The summed E-state index contributed by atoms with van der Waals surface area (Å²) < 4.78 is 0.875. The molecule has 19 heavy (non-hydrogen) atoms. The van der Waals surface area contributed by atoms with Crippen LogP contribution in [0.2, 0.25) is 0 Å². The summed E-state index contributed by atoms with van der Waals surface area (Å²) in [5.41, 5.74) is -0.591. The van der Waals surface area contributed by atoms with Crippen LogP contribution in [0.4, 0.5) is 0 Å². The van der Waals surface area contributed by atoms with E-state index in [9.17, 15) is 9.59 Å². The van der Waals surface area contributed by atoms with E-state index in [4.69, 9.17) is 9.94 Å². The number of hydrogen-bond donors (Lipinski definition) is 1. The van der Waals surface area contributed by atoms with Crippen molar-refractivity contribution in [2.45, 2.75) is 19.8 Å². The summed E-state index contributed by atoms with van der Waals surface area (Å²) in [6.07, 6.45) is 1.67. The fourth-order valence-corrected chi connectivity index (χ4v) is 1.82. The van der Waals surface area contributed by atoms with E-state index in [1.165, 1.54) is 6.07 Å². The first-order chi connectivity index (χ1) is 9.15. The van der Waals surface area contributed by atoms with Crippen LogP contribution in [0.25, 0.3) is 10.8 Å². The van der Waals surface area contributed by atoms with Crippen molar-refractivity contribution in [2.75, 3.05) is 6.61 Å². The molecule has 0 spiro atoms. The Balaban J connectivity index is 2.58. The number of fused-ring (bicyclic) bond motifs is 1. The van der Waals surface area contributed by atoms with Gasteiger partial charge in [0.15, 0.2) is 5.69 Å². The largest absolute Gasteiger partial charge is 0.476 e. The van der Waals surface area contributed by atoms with Crippen LogP contribution in [0.5, 0.6) is 0 Å². The van der Waals surface area contributed by atoms with E-state index in [-0.39, 0.29) is 5.69 Å². The molecule has 1 aromatic carbocycles. The molecule has 0 unspecified atom stereocenters. The first kappa shape index (κ1) is 13.1. The third kappa shape index (κ3) is 2.59. The SMILES string of the molecule is CCCCOn1c(C(=O)O)cc2ccccc2c1=O. The second-order valence-corrected chi connectivity index (χ2v) is 4.21. The zero-order valence-electron chi connectivity index (χ0n) is 10.6. The fourth-order valence-electron chi connectivity index (χ4n) is 1.82. The number of pyridine rings is 1. The van der Waals surface area contributed by atoms with Gasteiger partial charge in [0.1, 0.15) is 6.61 Å². The van der Waals surface area contributed by atoms with Crippen LogP contribution in [-0.2, 0) is 0 Å². The van der Waals surface area contributed by atoms with Gasteiger partial charge in [0.25, 0.3) is 5.56 Å². The van der Waals surface area contributed by atoms with Gasteiger partial charge in [0.2, 0.25) is 0 Å². The lowest BCUT2D eigenvalue weighted by Gasteiger charge is -2.12. The smallest absolute Gasteiger partial charge is 0.356 e. The lowest BCUT2D eigenvalue weighted by molar-refractivity contribution is 0.0569. The average molecular weight is 261 g/mol. The van der Waals surface area contributed by atoms with Gasteiger partial charge in [-0.05, 0) is 23.9 Å². The van der Waals surface area contributed by atoms with E-state index < -0.39 is 11.5 Å². The molecule has 0 radical (unpaired) electrons. The number of aromatic carboxylic acids is 1. The van der Waals surface area contributed by atoms with Gasteiger partial charge < -0.3 is 9.94 Å². The summed E-state index contributed by atoms with van der Waals surface area (Å²) in [6.45, 7) is 2.31. The van der Waals surface area contributed by atoms with Gasteiger partial charge in [0.05, 0.1) is 5.39 Å². The third-order valence-electron chi connectivity index (χ3n) is 2.82. The monoisotopic (exact) mass is 261 g/mol. The second kappa shape index (κ2) is 5.56. The number of nitrogens with zero attached hydrogens (tertiary/aromatic N) is 1. The number of hydrogen-bond acceptors (Lipinski definition) is 3. The second-order valence-electron chi connectivity index (χ2n) is 4.21. The van der Waals surface area contributed by atoms with Crippen molar-refractivity contribution in [3.63, 3.8) is 0 Å². The Labute approximate surface area is 110 Å². The highest BCUT2D eigenvalue weighted by Crippen LogP contribution is 2.11. The van der Waals surface area contributed by atoms with Gasteiger partial charge in [-0.25, -0.2) is 4.79 Å². The highest BCUT2D eigenvalue weighted by molar-refractivity contribution is 5.92. The summed E-state index contributed by atoms with van der Waals surface area (Å²) in [6, 6.07) is 8.31. The van der Waals surface area contributed by atoms with Crippen LogP contribution in [0.3, 0.4) is 0 Å². The van der Waals surface area contributed by atoms with Crippen LogP contribution in [-0.4, -0.2) is 22.4 Å². The Morgan fingerprint density at radius 1 is 1.37 bits per heavy atom. The molecule has 0 bridgehead atoms. The maximum atomic E-state index is 12.2. The number of aromatic nitrogens is 1. The van der Waals surface area contributed by atoms with E-state index in [1.54, 1.807) is 24.3 Å². The van der Waals surface area contributed by atoms with Crippen molar-refractivity contribution in [3.05, 3.63) is 46.4 Å². The first-order valence-corrected chi connectivity index (χ1v) is 6.16. The zero-order valence-corrected chi connectivity index (χ0v) is 10.6. The van der Waals surface area contributed by atoms with Crippen molar-refractivity contribution < 1.29 is 14.7 Å². The molecule has 2 aromatic rings. The Morgan fingerprint density at radius 2 is 2.11 bits per heavy atom. The van der Waals surface area contributed by atoms with Crippen molar-refractivity contribution in [2.24, 2.45) is 0 Å². The highest BCUT2D eigenvalue weighted by Gasteiger charge is 2.15. The van der Waals surface area contributed by atoms with Gasteiger partial charge in [0, 0.05) is 0 Å². The fraction of sp³-hybridized carbons (Fsp3) is 0.286. The van der Waals surface area contributed by atoms with E-state index in [0.717, 1.165) is 17.6 Å². The van der Waals surface area contributed by atoms with E-state index in [2.05, 4.69) is 0 Å². The predicted octanol–water partition coefficient (Wildman–Crippen LogP) is 1.93. The Kier molecular flexibility index (Phi) is 3.85. The number of carbonyl (C=O) groups is 1. The van der Waals surface area contributed by atoms with Crippen molar-refractivity contribution >= 4 is 16.7 Å². The molecule has 0 saturated carbocycles. The van der Waals surface area contributed by atoms with Crippen molar-refractivity contribution in [1.82, 2.24) is 4.73 Å². The molecule has 1 N–H and O–H groups in total. The van der Waals surface area contributed by atoms with Gasteiger partial charge in [-0.1, -0.05) is 31.5 Å². The average Bonchev–Trinajstić information content (AvgIpc) is 2.41. The van der Waals surface area contributed by atoms with Crippen LogP contribution < -0.4 is 10.4 Å². The molecule has 0 saturated heterocycles. The minimum absolute atomic E-state index is 0.153. The lowest BCUT2D eigenvalue weighted by Crippen LogP contribution is -2.32. The molecule has 5 heteroatoms. The van der Waals surface area contributed by atoms with Gasteiger partial charge in [-0.3, -0.25) is 4.79 Å². The molecule has 100 valence electrons. The maximum absolute atomic E-state index is 12.2. The molecular weight excluding hydrogens is 246 g/mol. The molecule has 2 rings (SSSR count). The number of unbranched alkanes of at least 4 members (excludes halogenated alkanes) is 1.